The van der Waals surface area contributed by atoms with Crippen molar-refractivity contribution in [1.29, 1.82) is 0 Å². The number of nitro groups is 1. The highest BCUT2D eigenvalue weighted by Crippen LogP contribution is 2.35. The standard InChI is InChI=1S/C17H24N2O3/c1-16(2)10-12(11-17(3,4)18-16)8-13-6-7-14(22-5)9-15(13)19(20)21/h6-9,18H,10-11H2,1-5H3. The molecule has 0 aliphatic carbocycles. The number of nitrogens with one attached hydrogen (secondary N) is 1. The Labute approximate surface area is 131 Å². The molecule has 0 aromatic heterocycles. The lowest BCUT2D eigenvalue weighted by molar-refractivity contribution is -0.385. The summed E-state index contributed by atoms with van der Waals surface area (Å²) in [5, 5.41) is 14.9. The van der Waals surface area contributed by atoms with Gasteiger partial charge in [0.15, 0.2) is 0 Å². The highest BCUT2D eigenvalue weighted by molar-refractivity contribution is 5.65. The molecule has 0 saturated carbocycles. The van der Waals surface area contributed by atoms with Gasteiger partial charge >= 0.3 is 0 Å². The summed E-state index contributed by atoms with van der Waals surface area (Å²) in [4.78, 5) is 10.9. The lowest BCUT2D eigenvalue weighted by atomic mass is 9.79. The predicted octanol–water partition coefficient (Wildman–Crippen LogP) is 3.93. The molecule has 0 atom stereocenters. The monoisotopic (exact) mass is 304 g/mol. The molecular formula is C17H24N2O3. The largest absolute Gasteiger partial charge is 0.497 e. The molecule has 0 bridgehead atoms. The first-order chi connectivity index (χ1) is 10.1. The number of nitro benzene ring substituents is 1. The summed E-state index contributed by atoms with van der Waals surface area (Å²) < 4.78 is 5.08. The molecule has 0 unspecified atom stereocenters. The molecule has 1 aliphatic heterocycles. The molecule has 1 aromatic rings. The van der Waals surface area contributed by atoms with E-state index in [2.05, 4.69) is 33.0 Å². The van der Waals surface area contributed by atoms with Gasteiger partial charge < -0.3 is 10.1 Å². The smallest absolute Gasteiger partial charge is 0.280 e. The van der Waals surface area contributed by atoms with Gasteiger partial charge in [0.05, 0.1) is 23.7 Å². The number of nitrogens with zero attached hydrogens (tertiary/aromatic N) is 1. The minimum absolute atomic E-state index is 0.0190. The molecule has 1 N–H and O–H groups in total. The van der Waals surface area contributed by atoms with E-state index in [4.69, 9.17) is 4.74 Å². The SMILES string of the molecule is COc1ccc(C=C2CC(C)(C)NC(C)(C)C2)c([N+](=O)[O-])c1. The van der Waals surface area contributed by atoms with Crippen molar-refractivity contribution in [3.8, 4) is 5.75 Å². The van der Waals surface area contributed by atoms with E-state index in [-0.39, 0.29) is 21.7 Å². The van der Waals surface area contributed by atoms with Crippen molar-refractivity contribution in [3.63, 3.8) is 0 Å². The van der Waals surface area contributed by atoms with Gasteiger partial charge in [0.2, 0.25) is 0 Å². The van der Waals surface area contributed by atoms with E-state index in [1.165, 1.54) is 18.7 Å². The summed E-state index contributed by atoms with van der Waals surface area (Å²) in [6.45, 7) is 8.63. The Balaban J connectivity index is 2.42. The van der Waals surface area contributed by atoms with Crippen molar-refractivity contribution in [3.05, 3.63) is 39.4 Å². The molecular weight excluding hydrogens is 280 g/mol. The molecule has 5 heteroatoms. The van der Waals surface area contributed by atoms with Crippen LogP contribution in [-0.4, -0.2) is 23.1 Å². The van der Waals surface area contributed by atoms with Gasteiger partial charge in [-0.15, -0.1) is 0 Å². The third-order valence-electron chi connectivity index (χ3n) is 3.81. The Hall–Kier alpha value is -1.88. The topological polar surface area (TPSA) is 64.4 Å². The molecule has 120 valence electrons. The number of rotatable bonds is 3. The molecule has 0 spiro atoms. The minimum Gasteiger partial charge on any atom is -0.497 e. The summed E-state index contributed by atoms with van der Waals surface area (Å²) in [6, 6.07) is 4.99. The summed E-state index contributed by atoms with van der Waals surface area (Å²) in [6.07, 6.45) is 3.71. The highest BCUT2D eigenvalue weighted by atomic mass is 16.6. The number of ether oxygens (including phenoxy) is 1. The van der Waals surface area contributed by atoms with Crippen molar-refractivity contribution in [2.45, 2.75) is 51.6 Å². The van der Waals surface area contributed by atoms with E-state index in [1.807, 2.05) is 6.08 Å². The Kier molecular flexibility index (Phi) is 4.29. The maximum Gasteiger partial charge on any atom is 0.280 e. The highest BCUT2D eigenvalue weighted by Gasteiger charge is 2.34. The average molecular weight is 304 g/mol. The van der Waals surface area contributed by atoms with E-state index in [1.54, 1.807) is 12.1 Å². The molecule has 1 fully saturated rings. The van der Waals surface area contributed by atoms with Crippen LogP contribution in [-0.2, 0) is 0 Å². The Morgan fingerprint density at radius 1 is 1.23 bits per heavy atom. The lowest BCUT2D eigenvalue weighted by Crippen LogP contribution is -2.55. The Morgan fingerprint density at radius 2 is 1.82 bits per heavy atom. The van der Waals surface area contributed by atoms with Gasteiger partial charge in [0, 0.05) is 11.1 Å². The normalized spacial score (nSPS) is 19.6. The van der Waals surface area contributed by atoms with Crippen LogP contribution in [0.25, 0.3) is 6.08 Å². The number of hydrogen-bond acceptors (Lipinski definition) is 4. The fourth-order valence-electron chi connectivity index (χ4n) is 3.45. The van der Waals surface area contributed by atoms with Crippen LogP contribution in [0.3, 0.4) is 0 Å². The van der Waals surface area contributed by atoms with Crippen LogP contribution in [0.5, 0.6) is 5.75 Å². The Bertz CT molecular complexity index is 600. The van der Waals surface area contributed by atoms with E-state index < -0.39 is 0 Å². The van der Waals surface area contributed by atoms with Gasteiger partial charge in [-0.05, 0) is 58.7 Å². The summed E-state index contributed by atoms with van der Waals surface area (Å²) in [5.41, 5.74) is 1.90. The van der Waals surface area contributed by atoms with Crippen molar-refractivity contribution in [1.82, 2.24) is 5.32 Å². The van der Waals surface area contributed by atoms with Crippen LogP contribution < -0.4 is 10.1 Å². The first kappa shape index (κ1) is 16.5. The van der Waals surface area contributed by atoms with Crippen molar-refractivity contribution in [2.75, 3.05) is 7.11 Å². The van der Waals surface area contributed by atoms with Crippen molar-refractivity contribution < 1.29 is 9.66 Å². The maximum absolute atomic E-state index is 11.3. The molecule has 0 amide bonds. The molecule has 1 heterocycles. The van der Waals surface area contributed by atoms with Crippen LogP contribution in [0.15, 0.2) is 23.8 Å². The zero-order valence-corrected chi connectivity index (χ0v) is 13.9. The van der Waals surface area contributed by atoms with Crippen molar-refractivity contribution >= 4 is 11.8 Å². The number of benzene rings is 1. The molecule has 1 saturated heterocycles. The molecule has 5 nitrogen and oxygen atoms in total. The maximum atomic E-state index is 11.3. The second-order valence-electron chi connectivity index (χ2n) is 7.23. The van der Waals surface area contributed by atoms with Crippen LogP contribution in [0.1, 0.15) is 46.1 Å². The fraction of sp³-hybridized carbons (Fsp3) is 0.529. The summed E-state index contributed by atoms with van der Waals surface area (Å²) in [7, 11) is 1.51. The molecule has 1 aliphatic rings. The van der Waals surface area contributed by atoms with Gasteiger partial charge in [-0.2, -0.15) is 0 Å². The van der Waals surface area contributed by atoms with Gasteiger partial charge in [-0.1, -0.05) is 5.57 Å². The van der Waals surface area contributed by atoms with Crippen molar-refractivity contribution in [2.24, 2.45) is 0 Å². The quantitative estimate of drug-likeness (QED) is 0.679. The zero-order valence-electron chi connectivity index (χ0n) is 13.9. The molecule has 2 rings (SSSR count). The lowest BCUT2D eigenvalue weighted by Gasteiger charge is -2.44. The van der Waals surface area contributed by atoms with Crippen LogP contribution in [0.2, 0.25) is 0 Å². The third-order valence-corrected chi connectivity index (χ3v) is 3.81. The van der Waals surface area contributed by atoms with E-state index >= 15 is 0 Å². The molecule has 1 aromatic carbocycles. The third kappa shape index (κ3) is 3.85. The number of piperidine rings is 1. The second kappa shape index (κ2) is 5.72. The summed E-state index contributed by atoms with van der Waals surface area (Å²) >= 11 is 0. The van der Waals surface area contributed by atoms with Crippen LogP contribution in [0, 0.1) is 10.1 Å². The number of hydrogen-bond donors (Lipinski definition) is 1. The number of methoxy groups -OCH3 is 1. The average Bonchev–Trinajstić information content (AvgIpc) is 2.35. The van der Waals surface area contributed by atoms with Crippen LogP contribution in [0.4, 0.5) is 5.69 Å². The van der Waals surface area contributed by atoms with Gasteiger partial charge in [0.1, 0.15) is 5.75 Å². The molecule has 0 radical (unpaired) electrons. The second-order valence-corrected chi connectivity index (χ2v) is 7.23. The van der Waals surface area contributed by atoms with Gasteiger partial charge in [0.25, 0.3) is 5.69 Å². The minimum atomic E-state index is -0.355. The van der Waals surface area contributed by atoms with E-state index in [9.17, 15) is 10.1 Å². The van der Waals surface area contributed by atoms with Gasteiger partial charge in [-0.3, -0.25) is 10.1 Å². The predicted molar refractivity (Wildman–Crippen MR) is 88.2 cm³/mol. The fourth-order valence-corrected chi connectivity index (χ4v) is 3.45. The first-order valence-electron chi connectivity index (χ1n) is 7.43. The molecule has 22 heavy (non-hydrogen) atoms. The van der Waals surface area contributed by atoms with Gasteiger partial charge in [-0.25, -0.2) is 0 Å². The van der Waals surface area contributed by atoms with Crippen LogP contribution >= 0.6 is 0 Å². The Morgan fingerprint density at radius 3 is 2.32 bits per heavy atom. The van der Waals surface area contributed by atoms with E-state index in [0.717, 1.165) is 12.8 Å². The first-order valence-corrected chi connectivity index (χ1v) is 7.43. The zero-order chi connectivity index (χ0) is 16.5. The van der Waals surface area contributed by atoms with E-state index in [0.29, 0.717) is 11.3 Å². The summed E-state index contributed by atoms with van der Waals surface area (Å²) in [5.74, 6) is 0.500.